The van der Waals surface area contributed by atoms with Crippen molar-refractivity contribution < 1.29 is 9.90 Å². The summed E-state index contributed by atoms with van der Waals surface area (Å²) in [4.78, 5) is 10.9. The molecule has 0 bridgehead atoms. The summed E-state index contributed by atoms with van der Waals surface area (Å²) in [5, 5.41) is 9.01. The average Bonchev–Trinajstić information content (AvgIpc) is 2.15. The van der Waals surface area contributed by atoms with Crippen LogP contribution in [0.2, 0.25) is 0 Å². The minimum Gasteiger partial charge on any atom is -0.481 e. The number of unbranched alkanes of at least 4 members (excludes halogenated alkanes) is 1. The maximum Gasteiger partial charge on any atom is 0.306 e. The third kappa shape index (κ3) is 3.02. The Balaban J connectivity index is 2.41. The van der Waals surface area contributed by atoms with Crippen molar-refractivity contribution in [1.29, 1.82) is 0 Å². The minimum atomic E-state index is -0.569. The zero-order valence-corrected chi connectivity index (χ0v) is 8.46. The van der Waals surface area contributed by atoms with Crippen molar-refractivity contribution >= 4 is 5.97 Å². The van der Waals surface area contributed by atoms with E-state index in [2.05, 4.69) is 6.92 Å². The van der Waals surface area contributed by atoms with Crippen LogP contribution in [0.5, 0.6) is 0 Å². The summed E-state index contributed by atoms with van der Waals surface area (Å²) in [6.07, 6.45) is 7.88. The van der Waals surface area contributed by atoms with E-state index in [0.29, 0.717) is 5.92 Å². The van der Waals surface area contributed by atoms with Crippen LogP contribution in [0.4, 0.5) is 0 Å². The first-order valence-electron chi connectivity index (χ1n) is 5.48. The van der Waals surface area contributed by atoms with Crippen LogP contribution in [0.25, 0.3) is 0 Å². The summed E-state index contributed by atoms with van der Waals surface area (Å²) >= 11 is 0. The number of carboxylic acid groups (broad SMARTS) is 1. The average molecular weight is 184 g/mol. The number of hydrogen-bond acceptors (Lipinski definition) is 1. The smallest absolute Gasteiger partial charge is 0.306 e. The lowest BCUT2D eigenvalue weighted by atomic mass is 9.77. The van der Waals surface area contributed by atoms with Crippen LogP contribution in [-0.4, -0.2) is 11.1 Å². The van der Waals surface area contributed by atoms with Gasteiger partial charge in [0.15, 0.2) is 0 Å². The Kier molecular flexibility index (Phi) is 4.26. The minimum absolute atomic E-state index is 0.0414. The molecule has 1 aliphatic carbocycles. The van der Waals surface area contributed by atoms with Gasteiger partial charge in [-0.05, 0) is 25.2 Å². The third-order valence-electron chi connectivity index (χ3n) is 3.15. The van der Waals surface area contributed by atoms with Crippen molar-refractivity contribution in [3.05, 3.63) is 0 Å². The highest BCUT2D eigenvalue weighted by Gasteiger charge is 2.29. The predicted octanol–water partition coefficient (Wildman–Crippen LogP) is 3.07. The summed E-state index contributed by atoms with van der Waals surface area (Å²) < 4.78 is 0. The summed E-state index contributed by atoms with van der Waals surface area (Å²) in [6.45, 7) is 2.17. The Morgan fingerprint density at radius 2 is 2.08 bits per heavy atom. The molecule has 0 amide bonds. The lowest BCUT2D eigenvalue weighted by Gasteiger charge is -2.28. The highest BCUT2D eigenvalue weighted by Crippen LogP contribution is 2.33. The molecule has 0 aromatic heterocycles. The molecule has 0 aromatic carbocycles. The molecule has 1 fully saturated rings. The van der Waals surface area contributed by atoms with Gasteiger partial charge in [-0.1, -0.05) is 32.6 Å². The molecule has 2 heteroatoms. The Morgan fingerprint density at radius 3 is 2.69 bits per heavy atom. The fourth-order valence-corrected chi connectivity index (χ4v) is 2.34. The van der Waals surface area contributed by atoms with E-state index in [1.54, 1.807) is 0 Å². The second-order valence-corrected chi connectivity index (χ2v) is 4.13. The second kappa shape index (κ2) is 5.25. The summed E-state index contributed by atoms with van der Waals surface area (Å²) in [6, 6.07) is 0. The third-order valence-corrected chi connectivity index (χ3v) is 3.15. The van der Waals surface area contributed by atoms with Crippen molar-refractivity contribution in [2.45, 2.75) is 51.9 Å². The Labute approximate surface area is 80.3 Å². The van der Waals surface area contributed by atoms with Gasteiger partial charge in [0.05, 0.1) is 5.92 Å². The fraction of sp³-hybridized carbons (Fsp3) is 0.909. The molecule has 0 saturated heterocycles. The van der Waals surface area contributed by atoms with Crippen molar-refractivity contribution in [2.75, 3.05) is 0 Å². The number of rotatable bonds is 4. The second-order valence-electron chi connectivity index (χ2n) is 4.13. The molecule has 2 atom stereocenters. The van der Waals surface area contributed by atoms with E-state index < -0.39 is 5.97 Å². The van der Waals surface area contributed by atoms with Gasteiger partial charge in [-0.2, -0.15) is 0 Å². The van der Waals surface area contributed by atoms with Gasteiger partial charge in [-0.3, -0.25) is 4.79 Å². The highest BCUT2D eigenvalue weighted by atomic mass is 16.4. The van der Waals surface area contributed by atoms with Gasteiger partial charge in [-0.15, -0.1) is 0 Å². The van der Waals surface area contributed by atoms with Gasteiger partial charge in [-0.25, -0.2) is 0 Å². The van der Waals surface area contributed by atoms with Crippen LogP contribution in [0.15, 0.2) is 0 Å². The van der Waals surface area contributed by atoms with Gasteiger partial charge in [0.25, 0.3) is 0 Å². The van der Waals surface area contributed by atoms with Gasteiger partial charge < -0.3 is 5.11 Å². The molecule has 13 heavy (non-hydrogen) atoms. The normalized spacial score (nSPS) is 28.7. The van der Waals surface area contributed by atoms with Crippen molar-refractivity contribution in [3.8, 4) is 0 Å². The summed E-state index contributed by atoms with van der Waals surface area (Å²) in [5.74, 6) is -0.146. The maximum atomic E-state index is 10.9. The van der Waals surface area contributed by atoms with E-state index in [1.807, 2.05) is 0 Å². The molecule has 0 aliphatic heterocycles. The fourth-order valence-electron chi connectivity index (χ4n) is 2.34. The van der Waals surface area contributed by atoms with E-state index in [-0.39, 0.29) is 5.92 Å². The SMILES string of the molecule is CCCC[C@H]1CCCC[C@H]1C(=O)O. The molecule has 1 aliphatic rings. The molecule has 0 radical (unpaired) electrons. The van der Waals surface area contributed by atoms with Gasteiger partial charge >= 0.3 is 5.97 Å². The Bertz CT molecular complexity index is 165. The standard InChI is InChI=1S/C11H20O2/c1-2-3-6-9-7-4-5-8-10(9)11(12)13/h9-10H,2-8H2,1H3,(H,12,13)/t9-,10+/m0/s1. The molecule has 1 N–H and O–H groups in total. The van der Waals surface area contributed by atoms with E-state index >= 15 is 0 Å². The highest BCUT2D eigenvalue weighted by molar-refractivity contribution is 5.70. The molecule has 76 valence electrons. The molecule has 0 unspecified atom stereocenters. The van der Waals surface area contributed by atoms with Gasteiger partial charge in [0.2, 0.25) is 0 Å². The lowest BCUT2D eigenvalue weighted by Crippen LogP contribution is -2.26. The number of carbonyl (C=O) groups is 1. The van der Waals surface area contributed by atoms with Gasteiger partial charge in [0, 0.05) is 0 Å². The predicted molar refractivity (Wildman–Crippen MR) is 52.6 cm³/mol. The van der Waals surface area contributed by atoms with Crippen molar-refractivity contribution in [1.82, 2.24) is 0 Å². The zero-order valence-electron chi connectivity index (χ0n) is 8.46. The lowest BCUT2D eigenvalue weighted by molar-refractivity contribution is -0.145. The molecule has 1 saturated carbocycles. The van der Waals surface area contributed by atoms with Crippen molar-refractivity contribution in [2.24, 2.45) is 11.8 Å². The van der Waals surface area contributed by atoms with E-state index in [0.717, 1.165) is 25.7 Å². The van der Waals surface area contributed by atoms with Crippen LogP contribution in [-0.2, 0) is 4.79 Å². The first-order valence-corrected chi connectivity index (χ1v) is 5.48. The molecular formula is C11H20O2. The van der Waals surface area contributed by atoms with Crippen LogP contribution >= 0.6 is 0 Å². The van der Waals surface area contributed by atoms with Crippen LogP contribution < -0.4 is 0 Å². The molecule has 0 heterocycles. The quantitative estimate of drug-likeness (QED) is 0.729. The molecule has 2 nitrogen and oxygen atoms in total. The summed E-state index contributed by atoms with van der Waals surface area (Å²) in [5.41, 5.74) is 0. The van der Waals surface area contributed by atoms with Crippen LogP contribution in [0.1, 0.15) is 51.9 Å². The van der Waals surface area contributed by atoms with E-state index in [1.165, 1.54) is 19.3 Å². The largest absolute Gasteiger partial charge is 0.481 e. The molecule has 0 spiro atoms. The monoisotopic (exact) mass is 184 g/mol. The van der Waals surface area contributed by atoms with Gasteiger partial charge in [0.1, 0.15) is 0 Å². The van der Waals surface area contributed by atoms with Crippen LogP contribution in [0.3, 0.4) is 0 Å². The first-order chi connectivity index (χ1) is 6.25. The topological polar surface area (TPSA) is 37.3 Å². The summed E-state index contributed by atoms with van der Waals surface area (Å²) in [7, 11) is 0. The van der Waals surface area contributed by atoms with E-state index in [9.17, 15) is 4.79 Å². The Hall–Kier alpha value is -0.530. The van der Waals surface area contributed by atoms with Crippen molar-refractivity contribution in [3.63, 3.8) is 0 Å². The molecular weight excluding hydrogens is 164 g/mol. The first kappa shape index (κ1) is 10.6. The number of aliphatic carboxylic acids is 1. The van der Waals surface area contributed by atoms with E-state index in [4.69, 9.17) is 5.11 Å². The molecule has 0 aromatic rings. The van der Waals surface area contributed by atoms with Crippen LogP contribution in [0, 0.1) is 11.8 Å². The number of hydrogen-bond donors (Lipinski definition) is 1. The zero-order chi connectivity index (χ0) is 9.68. The molecule has 1 rings (SSSR count). The number of carboxylic acids is 1. The maximum absolute atomic E-state index is 10.9. The Morgan fingerprint density at radius 1 is 1.38 bits per heavy atom.